The molecule has 0 saturated heterocycles. The van der Waals surface area contributed by atoms with Crippen LogP contribution in [-0.4, -0.2) is 22.9 Å². The number of hydrogen-bond donors (Lipinski definition) is 3. The number of benzene rings is 2. The molecule has 4 N–H and O–H groups in total. The molecule has 0 aliphatic heterocycles. The first-order chi connectivity index (χ1) is 12.9. The Kier molecular flexibility index (Phi) is 6.99. The van der Waals surface area contributed by atoms with E-state index in [0.717, 1.165) is 15.6 Å². The summed E-state index contributed by atoms with van der Waals surface area (Å²) in [5.41, 5.74) is 9.64. The van der Waals surface area contributed by atoms with Gasteiger partial charge in [0.05, 0.1) is 16.3 Å². The van der Waals surface area contributed by atoms with E-state index in [1.807, 2.05) is 25.1 Å². The lowest BCUT2D eigenvalue weighted by molar-refractivity contribution is 0.0963. The van der Waals surface area contributed by atoms with Crippen molar-refractivity contribution in [2.24, 2.45) is 0 Å². The van der Waals surface area contributed by atoms with E-state index >= 15 is 0 Å². The van der Waals surface area contributed by atoms with Crippen LogP contribution in [0.5, 0.6) is 0 Å². The van der Waals surface area contributed by atoms with E-state index in [2.05, 4.69) is 36.5 Å². The normalized spacial score (nSPS) is 10.1. The number of anilines is 3. The molecule has 0 aliphatic rings. The van der Waals surface area contributed by atoms with Crippen LogP contribution in [0.25, 0.3) is 11.3 Å². The van der Waals surface area contributed by atoms with Crippen molar-refractivity contribution < 1.29 is 4.79 Å². The van der Waals surface area contributed by atoms with Gasteiger partial charge in [-0.25, -0.2) is 4.98 Å². The van der Waals surface area contributed by atoms with E-state index in [1.54, 1.807) is 31.3 Å². The van der Waals surface area contributed by atoms with Crippen LogP contribution < -0.4 is 16.4 Å². The van der Waals surface area contributed by atoms with Gasteiger partial charge in [0, 0.05) is 28.8 Å². The van der Waals surface area contributed by atoms with E-state index in [0.29, 0.717) is 27.8 Å². The molecular formula is C20H21BrClN5O. The Morgan fingerprint density at radius 2 is 1.89 bits per heavy atom. The molecule has 0 fully saturated rings. The van der Waals surface area contributed by atoms with Gasteiger partial charge in [0.25, 0.3) is 5.91 Å². The largest absolute Gasteiger partial charge is 0.368 e. The number of halogens is 2. The van der Waals surface area contributed by atoms with Crippen LogP contribution >= 0.6 is 27.5 Å². The van der Waals surface area contributed by atoms with Crippen LogP contribution in [-0.2, 0) is 0 Å². The predicted molar refractivity (Wildman–Crippen MR) is 119 cm³/mol. The molecule has 3 rings (SSSR count). The molecule has 0 unspecified atom stereocenters. The molecule has 2 aromatic carbocycles. The summed E-state index contributed by atoms with van der Waals surface area (Å²) in [6.07, 6.45) is 0. The lowest BCUT2D eigenvalue weighted by Crippen LogP contribution is -2.18. The zero-order valence-corrected chi connectivity index (χ0v) is 17.0. The fourth-order valence-corrected chi connectivity index (χ4v) is 3.16. The Morgan fingerprint density at radius 3 is 2.61 bits per heavy atom. The topological polar surface area (TPSA) is 92.9 Å². The molecule has 1 aromatic heterocycles. The van der Waals surface area contributed by atoms with Crippen molar-refractivity contribution in [3.63, 3.8) is 0 Å². The van der Waals surface area contributed by atoms with Gasteiger partial charge in [-0.2, -0.15) is 4.98 Å². The average molecular weight is 463 g/mol. The molecule has 6 nitrogen and oxygen atoms in total. The van der Waals surface area contributed by atoms with Crippen molar-refractivity contribution in [1.29, 1.82) is 0 Å². The highest BCUT2D eigenvalue weighted by molar-refractivity contribution is 9.10. The number of nitrogens with zero attached hydrogens (tertiary/aromatic N) is 2. The molecule has 0 spiro atoms. The van der Waals surface area contributed by atoms with Crippen molar-refractivity contribution in [2.75, 3.05) is 18.1 Å². The van der Waals surface area contributed by atoms with Crippen molar-refractivity contribution >= 4 is 50.9 Å². The number of rotatable bonds is 4. The van der Waals surface area contributed by atoms with Crippen LogP contribution in [0.3, 0.4) is 0 Å². The summed E-state index contributed by atoms with van der Waals surface area (Å²) in [6.45, 7) is 2.00. The van der Waals surface area contributed by atoms with Crippen LogP contribution in [0.4, 0.5) is 17.5 Å². The summed E-state index contributed by atoms with van der Waals surface area (Å²) >= 11 is 9.58. The van der Waals surface area contributed by atoms with E-state index < -0.39 is 0 Å². The molecule has 3 aromatic rings. The van der Waals surface area contributed by atoms with Crippen molar-refractivity contribution in [3.8, 4) is 11.3 Å². The lowest BCUT2D eigenvalue weighted by Gasteiger charge is -2.12. The van der Waals surface area contributed by atoms with E-state index in [1.165, 1.54) is 0 Å². The average Bonchev–Trinajstić information content (AvgIpc) is 2.64. The molecule has 146 valence electrons. The minimum Gasteiger partial charge on any atom is -0.368 e. The van der Waals surface area contributed by atoms with Crippen LogP contribution in [0, 0.1) is 6.92 Å². The van der Waals surface area contributed by atoms with Gasteiger partial charge in [0.1, 0.15) is 5.82 Å². The molecule has 0 aliphatic carbocycles. The van der Waals surface area contributed by atoms with Crippen LogP contribution in [0.15, 0.2) is 46.9 Å². The second-order valence-corrected chi connectivity index (χ2v) is 7.18. The summed E-state index contributed by atoms with van der Waals surface area (Å²) in [6, 6.07) is 12.8. The maximum absolute atomic E-state index is 11.9. The fraction of sp³-hybridized carbons (Fsp3) is 0.150. The van der Waals surface area contributed by atoms with Crippen molar-refractivity contribution in [2.45, 2.75) is 14.4 Å². The third-order valence-corrected chi connectivity index (χ3v) is 4.75. The maximum atomic E-state index is 11.9. The highest BCUT2D eigenvalue weighted by Gasteiger charge is 2.12. The third-order valence-electron chi connectivity index (χ3n) is 3.93. The fourth-order valence-electron chi connectivity index (χ4n) is 2.60. The van der Waals surface area contributed by atoms with E-state index in [4.69, 9.17) is 17.3 Å². The highest BCUT2D eigenvalue weighted by Crippen LogP contribution is 2.29. The number of amides is 1. The monoisotopic (exact) mass is 461 g/mol. The number of nitrogen functional groups attached to an aromatic ring is 1. The number of carbonyl (C=O) groups is 1. The van der Waals surface area contributed by atoms with E-state index in [9.17, 15) is 4.79 Å². The summed E-state index contributed by atoms with van der Waals surface area (Å²) in [5.74, 6) is 0.396. The number of aryl methyl sites for hydroxylation is 1. The van der Waals surface area contributed by atoms with Gasteiger partial charge in [-0.3, -0.25) is 4.79 Å². The number of hydrogen-bond acceptors (Lipinski definition) is 5. The SMILES string of the molecule is C.CNC(=O)c1cc(Nc2cc(-c3cc(Br)ccc3C)nc(N)n2)ccc1Cl. The molecule has 1 amide bonds. The molecule has 0 atom stereocenters. The van der Waals surface area contributed by atoms with E-state index in [-0.39, 0.29) is 19.3 Å². The quantitative estimate of drug-likeness (QED) is 0.496. The first-order valence-electron chi connectivity index (χ1n) is 8.07. The highest BCUT2D eigenvalue weighted by atomic mass is 79.9. The zero-order chi connectivity index (χ0) is 19.6. The maximum Gasteiger partial charge on any atom is 0.252 e. The molecule has 1 heterocycles. The summed E-state index contributed by atoms with van der Waals surface area (Å²) in [7, 11) is 1.55. The van der Waals surface area contributed by atoms with Crippen molar-refractivity contribution in [1.82, 2.24) is 15.3 Å². The molecule has 0 saturated carbocycles. The van der Waals surface area contributed by atoms with Gasteiger partial charge in [-0.1, -0.05) is 41.0 Å². The molecule has 0 radical (unpaired) electrons. The minimum atomic E-state index is -0.267. The minimum absolute atomic E-state index is 0. The lowest BCUT2D eigenvalue weighted by atomic mass is 10.1. The Labute approximate surface area is 177 Å². The Bertz CT molecular complexity index is 1030. The first kappa shape index (κ1) is 21.7. The zero-order valence-electron chi connectivity index (χ0n) is 14.7. The molecular weight excluding hydrogens is 442 g/mol. The predicted octanol–water partition coefficient (Wildman–Crippen LogP) is 5.19. The second-order valence-electron chi connectivity index (χ2n) is 5.85. The van der Waals surface area contributed by atoms with Gasteiger partial charge in [-0.05, 0) is 42.8 Å². The molecule has 8 heteroatoms. The second kappa shape index (κ2) is 9.03. The smallest absolute Gasteiger partial charge is 0.252 e. The number of carbonyl (C=O) groups excluding carboxylic acids is 1. The van der Waals surface area contributed by atoms with Gasteiger partial charge < -0.3 is 16.4 Å². The molecule has 28 heavy (non-hydrogen) atoms. The first-order valence-corrected chi connectivity index (χ1v) is 9.24. The molecule has 0 bridgehead atoms. The van der Waals surface area contributed by atoms with Crippen molar-refractivity contribution in [3.05, 3.63) is 63.1 Å². The Hall–Kier alpha value is -2.64. The standard InChI is InChI=1S/C19H17BrClN5O.CH4/c1-10-3-4-11(20)7-13(10)16-9-17(26-19(22)25-16)24-12-5-6-15(21)14(8-12)18(27)23-2;/h3-9H,1-2H3,(H,23,27)(H3,22,24,25,26);1H4. The summed E-state index contributed by atoms with van der Waals surface area (Å²) in [5, 5.41) is 6.09. The number of nitrogens with one attached hydrogen (secondary N) is 2. The number of aromatic nitrogens is 2. The van der Waals surface area contributed by atoms with Gasteiger partial charge in [0.15, 0.2) is 0 Å². The van der Waals surface area contributed by atoms with Gasteiger partial charge in [-0.15, -0.1) is 0 Å². The summed E-state index contributed by atoms with van der Waals surface area (Å²) < 4.78 is 0.947. The number of nitrogens with two attached hydrogens (primary N) is 1. The van der Waals surface area contributed by atoms with Gasteiger partial charge in [0.2, 0.25) is 5.95 Å². The van der Waals surface area contributed by atoms with Gasteiger partial charge >= 0.3 is 0 Å². The van der Waals surface area contributed by atoms with Crippen LogP contribution in [0.1, 0.15) is 23.3 Å². The summed E-state index contributed by atoms with van der Waals surface area (Å²) in [4.78, 5) is 20.5. The Balaban J connectivity index is 0.00000280. The third kappa shape index (κ3) is 4.79. The van der Waals surface area contributed by atoms with Crippen LogP contribution in [0.2, 0.25) is 5.02 Å². The Morgan fingerprint density at radius 1 is 1.14 bits per heavy atom.